The first-order valence-corrected chi connectivity index (χ1v) is 8.73. The zero-order valence-corrected chi connectivity index (χ0v) is 15.9. The van der Waals surface area contributed by atoms with E-state index in [-0.39, 0.29) is 5.11 Å². The standard InChI is InChI=1S/C19H21N3O4S/c1-3-11-26-14-8-6-7-13(12-14)17(23)20-19(27)22-21-18(24)15-9-4-5-10-16(15)25-2/h4-10,12H,3,11H2,1-2H3,(H,21,24)(H2,20,22,23,27). The lowest BCUT2D eigenvalue weighted by Crippen LogP contribution is -2.48. The van der Waals surface area contributed by atoms with E-state index >= 15 is 0 Å². The van der Waals surface area contributed by atoms with Crippen LogP contribution in [0.2, 0.25) is 0 Å². The summed E-state index contributed by atoms with van der Waals surface area (Å²) in [4.78, 5) is 24.5. The molecule has 0 aliphatic carbocycles. The largest absolute Gasteiger partial charge is 0.496 e. The molecule has 0 heterocycles. The minimum atomic E-state index is -0.445. The first-order chi connectivity index (χ1) is 13.0. The Kier molecular flexibility index (Phi) is 7.57. The highest BCUT2D eigenvalue weighted by Crippen LogP contribution is 2.16. The van der Waals surface area contributed by atoms with Crippen molar-refractivity contribution in [1.82, 2.24) is 16.2 Å². The number of benzene rings is 2. The van der Waals surface area contributed by atoms with Crippen LogP contribution in [0.3, 0.4) is 0 Å². The lowest BCUT2D eigenvalue weighted by molar-refractivity contribution is 0.0932. The number of amides is 2. The van der Waals surface area contributed by atoms with E-state index in [1.165, 1.54) is 7.11 Å². The van der Waals surface area contributed by atoms with Crippen molar-refractivity contribution in [3.8, 4) is 11.5 Å². The predicted octanol–water partition coefficient (Wildman–Crippen LogP) is 2.43. The Bertz CT molecular complexity index is 826. The maximum atomic E-state index is 12.3. The highest BCUT2D eigenvalue weighted by Gasteiger charge is 2.13. The summed E-state index contributed by atoms with van der Waals surface area (Å²) >= 11 is 5.04. The van der Waals surface area contributed by atoms with Gasteiger partial charge in [0.05, 0.1) is 19.3 Å². The van der Waals surface area contributed by atoms with Crippen LogP contribution in [0.15, 0.2) is 48.5 Å². The fraction of sp³-hybridized carbons (Fsp3) is 0.211. The van der Waals surface area contributed by atoms with Crippen LogP contribution >= 0.6 is 12.2 Å². The van der Waals surface area contributed by atoms with Gasteiger partial charge in [-0.1, -0.05) is 25.1 Å². The molecular formula is C19H21N3O4S. The average molecular weight is 387 g/mol. The molecule has 3 N–H and O–H groups in total. The number of hydrogen-bond donors (Lipinski definition) is 3. The van der Waals surface area contributed by atoms with Crippen LogP contribution in [0.4, 0.5) is 0 Å². The van der Waals surface area contributed by atoms with Gasteiger partial charge in [-0.15, -0.1) is 0 Å². The molecule has 0 atom stereocenters. The number of nitrogens with one attached hydrogen (secondary N) is 3. The number of para-hydroxylation sites is 1. The van der Waals surface area contributed by atoms with Crippen molar-refractivity contribution in [3.63, 3.8) is 0 Å². The second-order valence-corrected chi connectivity index (χ2v) is 5.85. The van der Waals surface area contributed by atoms with E-state index < -0.39 is 11.8 Å². The highest BCUT2D eigenvalue weighted by molar-refractivity contribution is 7.80. The molecule has 0 radical (unpaired) electrons. The summed E-state index contributed by atoms with van der Waals surface area (Å²) in [6, 6.07) is 13.5. The Morgan fingerprint density at radius 1 is 1.04 bits per heavy atom. The van der Waals surface area contributed by atoms with Gasteiger partial charge in [-0.3, -0.25) is 25.8 Å². The molecular weight excluding hydrogens is 366 g/mol. The normalized spacial score (nSPS) is 9.85. The number of carbonyl (C=O) groups excluding carboxylic acids is 2. The number of rotatable bonds is 6. The molecule has 0 saturated carbocycles. The predicted molar refractivity (Wildman–Crippen MR) is 106 cm³/mol. The van der Waals surface area contributed by atoms with Crippen molar-refractivity contribution in [2.45, 2.75) is 13.3 Å². The molecule has 0 unspecified atom stereocenters. The Morgan fingerprint density at radius 2 is 1.81 bits per heavy atom. The summed E-state index contributed by atoms with van der Waals surface area (Å²) in [5.41, 5.74) is 5.64. The summed E-state index contributed by atoms with van der Waals surface area (Å²) in [6.45, 7) is 2.57. The van der Waals surface area contributed by atoms with Crippen LogP contribution in [-0.2, 0) is 0 Å². The van der Waals surface area contributed by atoms with E-state index in [1.807, 2.05) is 6.92 Å². The summed E-state index contributed by atoms with van der Waals surface area (Å²) in [5, 5.41) is 2.46. The quantitative estimate of drug-likeness (QED) is 0.521. The fourth-order valence-corrected chi connectivity index (χ4v) is 2.31. The van der Waals surface area contributed by atoms with Gasteiger partial charge in [0.2, 0.25) is 0 Å². The van der Waals surface area contributed by atoms with Crippen molar-refractivity contribution in [2.24, 2.45) is 0 Å². The number of ether oxygens (including phenoxy) is 2. The number of hydrazine groups is 1. The number of hydrogen-bond acceptors (Lipinski definition) is 5. The van der Waals surface area contributed by atoms with Crippen LogP contribution in [0.5, 0.6) is 11.5 Å². The van der Waals surface area contributed by atoms with Crippen LogP contribution < -0.4 is 25.6 Å². The van der Waals surface area contributed by atoms with Crippen LogP contribution in [0.1, 0.15) is 34.1 Å². The monoisotopic (exact) mass is 387 g/mol. The van der Waals surface area contributed by atoms with E-state index in [0.29, 0.717) is 29.2 Å². The minimum absolute atomic E-state index is 0.0388. The molecule has 0 fully saturated rings. The van der Waals surface area contributed by atoms with Crippen molar-refractivity contribution in [2.75, 3.05) is 13.7 Å². The molecule has 0 aromatic heterocycles. The van der Waals surface area contributed by atoms with Gasteiger partial charge in [-0.05, 0) is 49.0 Å². The first-order valence-electron chi connectivity index (χ1n) is 8.32. The van der Waals surface area contributed by atoms with Gasteiger partial charge >= 0.3 is 0 Å². The summed E-state index contributed by atoms with van der Waals surface area (Å²) in [6.07, 6.45) is 0.871. The van der Waals surface area contributed by atoms with Gasteiger partial charge in [0.1, 0.15) is 11.5 Å². The van der Waals surface area contributed by atoms with E-state index in [0.717, 1.165) is 6.42 Å². The van der Waals surface area contributed by atoms with Gasteiger partial charge in [0, 0.05) is 5.56 Å². The van der Waals surface area contributed by atoms with Gasteiger partial charge in [-0.25, -0.2) is 0 Å². The van der Waals surface area contributed by atoms with Crippen molar-refractivity contribution in [1.29, 1.82) is 0 Å². The lowest BCUT2D eigenvalue weighted by Gasteiger charge is -2.12. The third kappa shape index (κ3) is 5.96. The zero-order valence-electron chi connectivity index (χ0n) is 15.1. The highest BCUT2D eigenvalue weighted by atomic mass is 32.1. The zero-order chi connectivity index (χ0) is 19.6. The van der Waals surface area contributed by atoms with E-state index in [1.54, 1.807) is 48.5 Å². The second-order valence-electron chi connectivity index (χ2n) is 5.44. The third-order valence-corrected chi connectivity index (χ3v) is 3.64. The molecule has 2 rings (SSSR count). The molecule has 2 amide bonds. The molecule has 0 saturated heterocycles. The lowest BCUT2D eigenvalue weighted by atomic mass is 10.2. The molecule has 27 heavy (non-hydrogen) atoms. The van der Waals surface area contributed by atoms with Crippen molar-refractivity contribution >= 4 is 29.1 Å². The molecule has 2 aromatic carbocycles. The van der Waals surface area contributed by atoms with Gasteiger partial charge in [0.25, 0.3) is 11.8 Å². The van der Waals surface area contributed by atoms with Gasteiger partial charge in [0.15, 0.2) is 5.11 Å². The Hall–Kier alpha value is -3.13. The van der Waals surface area contributed by atoms with E-state index in [9.17, 15) is 9.59 Å². The van der Waals surface area contributed by atoms with Crippen LogP contribution in [-0.4, -0.2) is 30.6 Å². The summed E-state index contributed by atoms with van der Waals surface area (Å²) in [5.74, 6) is 0.170. The molecule has 142 valence electrons. The molecule has 0 bridgehead atoms. The van der Waals surface area contributed by atoms with Crippen LogP contribution in [0.25, 0.3) is 0 Å². The Labute approximate surface area is 163 Å². The third-order valence-electron chi connectivity index (χ3n) is 3.44. The smallest absolute Gasteiger partial charge is 0.273 e. The first kappa shape index (κ1) is 20.2. The molecule has 0 aliphatic rings. The molecule has 7 nitrogen and oxygen atoms in total. The van der Waals surface area contributed by atoms with E-state index in [2.05, 4.69) is 16.2 Å². The molecule has 0 aliphatic heterocycles. The molecule has 0 spiro atoms. The SMILES string of the molecule is CCCOc1cccc(C(=O)NC(=S)NNC(=O)c2ccccc2OC)c1. The fourth-order valence-electron chi connectivity index (χ4n) is 2.17. The van der Waals surface area contributed by atoms with E-state index in [4.69, 9.17) is 21.7 Å². The topological polar surface area (TPSA) is 88.7 Å². The molecule has 8 heteroatoms. The number of carbonyl (C=O) groups is 2. The Balaban J connectivity index is 1.90. The second kappa shape index (κ2) is 10.1. The summed E-state index contributed by atoms with van der Waals surface area (Å²) in [7, 11) is 1.47. The maximum absolute atomic E-state index is 12.3. The average Bonchev–Trinajstić information content (AvgIpc) is 2.70. The number of thiocarbonyl (C=S) groups is 1. The van der Waals surface area contributed by atoms with Gasteiger partial charge in [-0.2, -0.15) is 0 Å². The number of methoxy groups -OCH3 is 1. The molecule has 2 aromatic rings. The minimum Gasteiger partial charge on any atom is -0.496 e. The van der Waals surface area contributed by atoms with Crippen LogP contribution in [0, 0.1) is 0 Å². The summed E-state index contributed by atoms with van der Waals surface area (Å²) < 4.78 is 10.6. The Morgan fingerprint density at radius 3 is 2.56 bits per heavy atom. The van der Waals surface area contributed by atoms with Crippen molar-refractivity contribution in [3.05, 3.63) is 59.7 Å². The maximum Gasteiger partial charge on any atom is 0.273 e. The van der Waals surface area contributed by atoms with Gasteiger partial charge < -0.3 is 9.47 Å². The van der Waals surface area contributed by atoms with Crippen molar-refractivity contribution < 1.29 is 19.1 Å².